The lowest BCUT2D eigenvalue weighted by Crippen LogP contribution is -2.49. The molecular weight excluding hydrogens is 174 g/mol. The molecule has 0 saturated carbocycles. The topological polar surface area (TPSA) is 23.5 Å². The van der Waals surface area contributed by atoms with E-state index in [9.17, 15) is 5.21 Å². The van der Waals surface area contributed by atoms with E-state index in [2.05, 4.69) is 48.5 Å². The molecule has 1 rings (SSSR count). The summed E-state index contributed by atoms with van der Waals surface area (Å²) >= 11 is 0. The van der Waals surface area contributed by atoms with E-state index in [4.69, 9.17) is 0 Å². The Morgan fingerprint density at radius 2 is 1.57 bits per heavy atom. The van der Waals surface area contributed by atoms with Crippen molar-refractivity contribution in [2.75, 3.05) is 0 Å². The monoisotopic (exact) mass is 199 g/mol. The van der Waals surface area contributed by atoms with Gasteiger partial charge in [-0.05, 0) is 45.4 Å². The van der Waals surface area contributed by atoms with Gasteiger partial charge in [-0.1, -0.05) is 20.8 Å². The Labute approximate surface area is 88.3 Å². The molecule has 0 aromatic rings. The summed E-state index contributed by atoms with van der Waals surface area (Å²) in [7, 11) is 0. The van der Waals surface area contributed by atoms with Gasteiger partial charge in [0.15, 0.2) is 0 Å². The van der Waals surface area contributed by atoms with E-state index in [1.54, 1.807) is 5.06 Å². The molecule has 1 saturated heterocycles. The average Bonchev–Trinajstić information content (AvgIpc) is 2.10. The summed E-state index contributed by atoms with van der Waals surface area (Å²) in [6.07, 6.45) is 1.06. The molecule has 0 spiro atoms. The minimum atomic E-state index is -0.123. The Morgan fingerprint density at radius 1 is 1.14 bits per heavy atom. The molecule has 0 radical (unpaired) electrons. The molecule has 0 aliphatic carbocycles. The van der Waals surface area contributed by atoms with Crippen molar-refractivity contribution in [3.8, 4) is 0 Å². The van der Waals surface area contributed by atoms with Crippen molar-refractivity contribution in [2.24, 2.45) is 11.3 Å². The maximum Gasteiger partial charge on any atom is 0.0444 e. The van der Waals surface area contributed by atoms with Gasteiger partial charge in [0.1, 0.15) is 0 Å². The zero-order valence-corrected chi connectivity index (χ0v) is 10.7. The standard InChI is InChI=1S/C12H25NO/c1-10(2,3)9-8-11(4,5)13(14)12(9,6)7/h9,14H,8H2,1-7H3. The van der Waals surface area contributed by atoms with E-state index in [-0.39, 0.29) is 16.5 Å². The molecule has 84 valence electrons. The van der Waals surface area contributed by atoms with Crippen molar-refractivity contribution < 1.29 is 5.21 Å². The summed E-state index contributed by atoms with van der Waals surface area (Å²) < 4.78 is 0. The highest BCUT2D eigenvalue weighted by molar-refractivity contribution is 5.05. The second-order valence-corrected chi connectivity index (χ2v) is 6.90. The number of hydrogen-bond acceptors (Lipinski definition) is 2. The maximum absolute atomic E-state index is 10.2. The largest absolute Gasteiger partial charge is 0.313 e. The first-order valence-electron chi connectivity index (χ1n) is 5.49. The molecule has 1 heterocycles. The fourth-order valence-electron chi connectivity index (χ4n) is 3.13. The summed E-state index contributed by atoms with van der Waals surface area (Å²) in [6.45, 7) is 15.3. The van der Waals surface area contributed by atoms with Crippen LogP contribution in [0.3, 0.4) is 0 Å². The van der Waals surface area contributed by atoms with Crippen molar-refractivity contribution in [2.45, 2.75) is 66.0 Å². The second-order valence-electron chi connectivity index (χ2n) is 6.90. The van der Waals surface area contributed by atoms with Crippen LogP contribution in [0, 0.1) is 11.3 Å². The predicted octanol–water partition coefficient (Wildman–Crippen LogP) is 3.30. The van der Waals surface area contributed by atoms with Gasteiger partial charge in [0, 0.05) is 11.1 Å². The van der Waals surface area contributed by atoms with Crippen molar-refractivity contribution in [1.82, 2.24) is 5.06 Å². The van der Waals surface area contributed by atoms with Crippen LogP contribution in [0.1, 0.15) is 54.9 Å². The molecule has 1 unspecified atom stereocenters. The van der Waals surface area contributed by atoms with Gasteiger partial charge in [0.05, 0.1) is 0 Å². The van der Waals surface area contributed by atoms with E-state index in [1.807, 2.05) is 0 Å². The summed E-state index contributed by atoms with van der Waals surface area (Å²) in [6, 6.07) is 0. The van der Waals surface area contributed by atoms with Crippen LogP contribution in [0.15, 0.2) is 0 Å². The van der Waals surface area contributed by atoms with Crippen molar-refractivity contribution in [3.63, 3.8) is 0 Å². The van der Waals surface area contributed by atoms with Crippen LogP contribution >= 0.6 is 0 Å². The third kappa shape index (κ3) is 1.70. The maximum atomic E-state index is 10.2. The fraction of sp³-hybridized carbons (Fsp3) is 1.00. The Balaban J connectivity index is 3.03. The SMILES string of the molecule is CC(C)(C)C1CC(C)(C)N(O)C1(C)C. The zero-order chi connectivity index (χ0) is 11.4. The zero-order valence-electron chi connectivity index (χ0n) is 10.7. The van der Waals surface area contributed by atoms with Crippen molar-refractivity contribution in [3.05, 3.63) is 0 Å². The van der Waals surface area contributed by atoms with Crippen molar-refractivity contribution >= 4 is 0 Å². The van der Waals surface area contributed by atoms with Gasteiger partial charge in [-0.3, -0.25) is 0 Å². The van der Waals surface area contributed by atoms with Crippen LogP contribution in [0.2, 0.25) is 0 Å². The number of rotatable bonds is 0. The van der Waals surface area contributed by atoms with Crippen LogP contribution in [0.4, 0.5) is 0 Å². The van der Waals surface area contributed by atoms with Gasteiger partial charge in [0.2, 0.25) is 0 Å². The second kappa shape index (κ2) is 2.96. The number of nitrogens with zero attached hydrogens (tertiary/aromatic N) is 1. The molecular formula is C12H25NO. The molecule has 1 fully saturated rings. The van der Waals surface area contributed by atoms with Gasteiger partial charge in [-0.15, -0.1) is 0 Å². The third-order valence-corrected chi connectivity index (χ3v) is 3.72. The van der Waals surface area contributed by atoms with Crippen LogP contribution < -0.4 is 0 Å². The minimum Gasteiger partial charge on any atom is -0.313 e. The lowest BCUT2D eigenvalue weighted by molar-refractivity contribution is -0.200. The lowest BCUT2D eigenvalue weighted by Gasteiger charge is -2.40. The summed E-state index contributed by atoms with van der Waals surface area (Å²) in [5, 5.41) is 11.7. The molecule has 1 atom stereocenters. The molecule has 1 N–H and O–H groups in total. The van der Waals surface area contributed by atoms with E-state index in [1.165, 1.54) is 0 Å². The summed E-state index contributed by atoms with van der Waals surface area (Å²) in [5.74, 6) is 0.523. The molecule has 0 bridgehead atoms. The Bertz CT molecular complexity index is 225. The summed E-state index contributed by atoms with van der Waals surface area (Å²) in [5.41, 5.74) is 0.0292. The van der Waals surface area contributed by atoms with E-state index in [0.717, 1.165) is 6.42 Å². The molecule has 0 aromatic carbocycles. The van der Waals surface area contributed by atoms with Crippen LogP contribution in [-0.2, 0) is 0 Å². The van der Waals surface area contributed by atoms with Gasteiger partial charge in [-0.2, -0.15) is 5.06 Å². The third-order valence-electron chi connectivity index (χ3n) is 3.72. The van der Waals surface area contributed by atoms with Crippen LogP contribution in [-0.4, -0.2) is 21.3 Å². The van der Waals surface area contributed by atoms with Crippen LogP contribution in [0.5, 0.6) is 0 Å². The Hall–Kier alpha value is -0.0800. The lowest BCUT2D eigenvalue weighted by atomic mass is 9.70. The first-order chi connectivity index (χ1) is 5.99. The smallest absolute Gasteiger partial charge is 0.0444 e. The summed E-state index contributed by atoms with van der Waals surface area (Å²) in [4.78, 5) is 0. The molecule has 2 heteroatoms. The van der Waals surface area contributed by atoms with Gasteiger partial charge >= 0.3 is 0 Å². The molecule has 0 amide bonds. The van der Waals surface area contributed by atoms with E-state index >= 15 is 0 Å². The molecule has 1 aliphatic rings. The van der Waals surface area contributed by atoms with Gasteiger partial charge in [0.25, 0.3) is 0 Å². The Morgan fingerprint density at radius 3 is 1.71 bits per heavy atom. The van der Waals surface area contributed by atoms with E-state index in [0.29, 0.717) is 5.92 Å². The molecule has 0 aromatic heterocycles. The molecule has 14 heavy (non-hydrogen) atoms. The van der Waals surface area contributed by atoms with E-state index < -0.39 is 0 Å². The minimum absolute atomic E-state index is 0.0958. The molecule has 2 nitrogen and oxygen atoms in total. The highest BCUT2D eigenvalue weighted by Crippen LogP contribution is 2.50. The predicted molar refractivity (Wildman–Crippen MR) is 59.3 cm³/mol. The Kier molecular flexibility index (Phi) is 2.53. The average molecular weight is 199 g/mol. The number of hydroxylamine groups is 2. The first-order valence-corrected chi connectivity index (χ1v) is 5.49. The fourth-order valence-corrected chi connectivity index (χ4v) is 3.13. The normalized spacial score (nSPS) is 32.1. The highest BCUT2D eigenvalue weighted by Gasteiger charge is 2.54. The van der Waals surface area contributed by atoms with Gasteiger partial charge < -0.3 is 5.21 Å². The quantitative estimate of drug-likeness (QED) is 0.647. The van der Waals surface area contributed by atoms with Crippen molar-refractivity contribution in [1.29, 1.82) is 0 Å². The number of hydrogen-bond donors (Lipinski definition) is 1. The van der Waals surface area contributed by atoms with Gasteiger partial charge in [-0.25, -0.2) is 0 Å². The van der Waals surface area contributed by atoms with Crippen LogP contribution in [0.25, 0.3) is 0 Å². The highest BCUT2D eigenvalue weighted by atomic mass is 16.5. The molecule has 1 aliphatic heterocycles. The first kappa shape index (κ1) is 12.0.